The lowest BCUT2D eigenvalue weighted by atomic mass is 10.0. The first-order valence-corrected chi connectivity index (χ1v) is 9.10. The number of rotatable bonds is 3. The maximum Gasteiger partial charge on any atom is 0.254 e. The first-order valence-electron chi connectivity index (χ1n) is 9.10. The molecule has 0 aromatic heterocycles. The molecule has 8 heteroatoms. The van der Waals surface area contributed by atoms with Crippen molar-refractivity contribution in [2.24, 2.45) is 0 Å². The predicted octanol–water partition coefficient (Wildman–Crippen LogP) is -0.0223. The van der Waals surface area contributed by atoms with Crippen molar-refractivity contribution in [2.75, 3.05) is 40.4 Å². The number of benzene rings is 1. The Hall–Kier alpha value is -2.61. The largest absolute Gasteiger partial charge is 0.497 e. The molecule has 0 N–H and O–H groups in total. The van der Waals surface area contributed by atoms with E-state index in [2.05, 4.69) is 0 Å². The van der Waals surface area contributed by atoms with E-state index in [-0.39, 0.29) is 30.4 Å². The van der Waals surface area contributed by atoms with E-state index in [1.165, 1.54) is 0 Å². The number of nitrogens with zero attached hydrogens (tertiary/aromatic N) is 3. The van der Waals surface area contributed by atoms with Gasteiger partial charge in [-0.15, -0.1) is 0 Å². The minimum absolute atomic E-state index is 0.0318. The molecule has 3 fully saturated rings. The van der Waals surface area contributed by atoms with Crippen molar-refractivity contribution < 1.29 is 23.9 Å². The van der Waals surface area contributed by atoms with Crippen LogP contribution in [0.2, 0.25) is 0 Å². The van der Waals surface area contributed by atoms with E-state index < -0.39 is 12.1 Å². The molecule has 1 aromatic rings. The van der Waals surface area contributed by atoms with Gasteiger partial charge in [-0.2, -0.15) is 0 Å². The number of hydrogen-bond donors (Lipinski definition) is 0. The number of methoxy groups -OCH3 is 2. The lowest BCUT2D eigenvalue weighted by Crippen LogP contribution is -2.69. The zero-order valence-electron chi connectivity index (χ0n) is 15.5. The Morgan fingerprint density at radius 2 is 1.67 bits per heavy atom. The molecule has 0 aliphatic carbocycles. The van der Waals surface area contributed by atoms with E-state index in [9.17, 15) is 14.4 Å². The third-order valence-corrected chi connectivity index (χ3v) is 5.74. The minimum Gasteiger partial charge on any atom is -0.497 e. The summed E-state index contributed by atoms with van der Waals surface area (Å²) in [5.74, 6) is 0.412. The molecule has 3 amide bonds. The highest BCUT2D eigenvalue weighted by Gasteiger charge is 2.52. The highest BCUT2D eigenvalue weighted by Crippen LogP contribution is 2.30. The molecule has 8 nitrogen and oxygen atoms in total. The molecule has 4 rings (SSSR count). The number of piperazine rings is 2. The van der Waals surface area contributed by atoms with E-state index in [0.717, 1.165) is 0 Å². The molecular formula is C19H23N3O5. The van der Waals surface area contributed by atoms with Crippen molar-refractivity contribution in [3.05, 3.63) is 29.8 Å². The summed E-state index contributed by atoms with van der Waals surface area (Å²) in [6, 6.07) is 5.85. The lowest BCUT2D eigenvalue weighted by molar-refractivity contribution is -0.162. The van der Waals surface area contributed by atoms with Gasteiger partial charge in [0.2, 0.25) is 11.8 Å². The third-order valence-electron chi connectivity index (χ3n) is 5.74. The molecule has 0 radical (unpaired) electrons. The summed E-state index contributed by atoms with van der Waals surface area (Å²) in [6.45, 7) is 1.44. The number of hydrogen-bond acceptors (Lipinski definition) is 5. The van der Waals surface area contributed by atoms with Gasteiger partial charge in [0.25, 0.3) is 5.91 Å². The van der Waals surface area contributed by atoms with Crippen LogP contribution in [-0.4, -0.2) is 91.0 Å². The van der Waals surface area contributed by atoms with Crippen molar-refractivity contribution in [3.63, 3.8) is 0 Å². The fourth-order valence-electron chi connectivity index (χ4n) is 4.19. The van der Waals surface area contributed by atoms with Gasteiger partial charge in [0, 0.05) is 38.7 Å². The number of carbonyl (C=O) groups is 3. The third kappa shape index (κ3) is 2.93. The highest BCUT2D eigenvalue weighted by atomic mass is 16.5. The van der Waals surface area contributed by atoms with Crippen molar-refractivity contribution in [3.8, 4) is 5.75 Å². The van der Waals surface area contributed by atoms with Crippen LogP contribution in [0.1, 0.15) is 16.8 Å². The smallest absolute Gasteiger partial charge is 0.254 e. The number of carbonyl (C=O) groups excluding carboxylic acids is 3. The summed E-state index contributed by atoms with van der Waals surface area (Å²) < 4.78 is 10.5. The van der Waals surface area contributed by atoms with E-state index in [0.29, 0.717) is 37.4 Å². The van der Waals surface area contributed by atoms with Crippen LogP contribution in [0.4, 0.5) is 0 Å². The van der Waals surface area contributed by atoms with Crippen molar-refractivity contribution in [1.82, 2.24) is 14.7 Å². The second-order valence-corrected chi connectivity index (χ2v) is 7.13. The van der Waals surface area contributed by atoms with Gasteiger partial charge in [-0.25, -0.2) is 0 Å². The second kappa shape index (κ2) is 6.84. The first kappa shape index (κ1) is 17.8. The maximum atomic E-state index is 13.0. The van der Waals surface area contributed by atoms with E-state index >= 15 is 0 Å². The Bertz CT molecular complexity index is 765. The summed E-state index contributed by atoms with van der Waals surface area (Å²) in [5, 5.41) is 0. The zero-order valence-corrected chi connectivity index (χ0v) is 15.5. The maximum absolute atomic E-state index is 13.0. The van der Waals surface area contributed by atoms with Crippen LogP contribution in [0.15, 0.2) is 24.3 Å². The molecule has 3 aliphatic heterocycles. The first-order chi connectivity index (χ1) is 13.0. The minimum atomic E-state index is -0.611. The fraction of sp³-hybridized carbons (Fsp3) is 0.526. The summed E-state index contributed by atoms with van der Waals surface area (Å²) in [6.07, 6.45) is 0.431. The Balaban J connectivity index is 1.51. The van der Waals surface area contributed by atoms with Crippen LogP contribution in [0.3, 0.4) is 0 Å². The normalized spacial score (nSPS) is 27.5. The molecule has 3 heterocycles. The monoisotopic (exact) mass is 373 g/mol. The van der Waals surface area contributed by atoms with Crippen LogP contribution >= 0.6 is 0 Å². The molecule has 0 unspecified atom stereocenters. The van der Waals surface area contributed by atoms with Gasteiger partial charge in [-0.3, -0.25) is 14.4 Å². The fourth-order valence-corrected chi connectivity index (χ4v) is 4.19. The van der Waals surface area contributed by atoms with Gasteiger partial charge >= 0.3 is 0 Å². The Morgan fingerprint density at radius 1 is 0.963 bits per heavy atom. The predicted molar refractivity (Wildman–Crippen MR) is 95.3 cm³/mol. The van der Waals surface area contributed by atoms with Crippen LogP contribution in [0.25, 0.3) is 0 Å². The van der Waals surface area contributed by atoms with Gasteiger partial charge in [0.1, 0.15) is 17.8 Å². The molecule has 144 valence electrons. The van der Waals surface area contributed by atoms with Crippen molar-refractivity contribution in [2.45, 2.75) is 24.6 Å². The van der Waals surface area contributed by atoms with E-state index in [1.807, 2.05) is 0 Å². The highest BCUT2D eigenvalue weighted by molar-refractivity contribution is 5.99. The molecule has 27 heavy (non-hydrogen) atoms. The van der Waals surface area contributed by atoms with Crippen molar-refractivity contribution >= 4 is 17.7 Å². The molecule has 0 bridgehead atoms. The number of fused-ring (bicyclic) bond motifs is 2. The SMILES string of the molecule is COc1ccc(C(=O)N2CCN3C(=O)[C@@H]4C[C@@H](OC)CN4C(=O)[C@H]3C2)cc1. The van der Waals surface area contributed by atoms with Gasteiger partial charge < -0.3 is 24.2 Å². The van der Waals surface area contributed by atoms with E-state index in [1.54, 1.807) is 53.2 Å². The summed E-state index contributed by atoms with van der Waals surface area (Å²) in [5.41, 5.74) is 0.539. The molecule has 0 saturated carbocycles. The Kier molecular flexibility index (Phi) is 4.51. The van der Waals surface area contributed by atoms with Gasteiger partial charge in [-0.1, -0.05) is 0 Å². The molecule has 3 aliphatic rings. The average Bonchev–Trinajstić information content (AvgIpc) is 3.16. The topological polar surface area (TPSA) is 79.4 Å². The quantitative estimate of drug-likeness (QED) is 0.744. The van der Waals surface area contributed by atoms with Crippen LogP contribution in [-0.2, 0) is 14.3 Å². The summed E-state index contributed by atoms with van der Waals surface area (Å²) in [4.78, 5) is 43.5. The summed E-state index contributed by atoms with van der Waals surface area (Å²) in [7, 11) is 3.17. The number of ether oxygens (including phenoxy) is 2. The molecule has 3 saturated heterocycles. The van der Waals surface area contributed by atoms with E-state index in [4.69, 9.17) is 9.47 Å². The molecular weight excluding hydrogens is 350 g/mol. The standard InChI is InChI=1S/C19H23N3O5/c1-26-13-5-3-12(4-6-13)17(23)20-7-8-21-16(11-20)19(25)22-10-14(27-2)9-15(22)18(21)24/h3-6,14-16H,7-11H2,1-2H3/t14-,15+,16-/m1/s1. The Labute approximate surface area is 157 Å². The van der Waals surface area contributed by atoms with Crippen molar-refractivity contribution in [1.29, 1.82) is 0 Å². The Morgan fingerprint density at radius 3 is 2.33 bits per heavy atom. The molecule has 3 atom stereocenters. The summed E-state index contributed by atoms with van der Waals surface area (Å²) >= 11 is 0. The van der Waals surface area contributed by atoms with Gasteiger partial charge in [0.15, 0.2) is 0 Å². The van der Waals surface area contributed by atoms with Crippen LogP contribution in [0.5, 0.6) is 5.75 Å². The number of amides is 3. The zero-order chi connectivity index (χ0) is 19.1. The second-order valence-electron chi connectivity index (χ2n) is 7.13. The average molecular weight is 373 g/mol. The van der Waals surface area contributed by atoms with Gasteiger partial charge in [-0.05, 0) is 24.3 Å². The lowest BCUT2D eigenvalue weighted by Gasteiger charge is -2.47. The van der Waals surface area contributed by atoms with Gasteiger partial charge in [0.05, 0.1) is 19.8 Å². The molecule has 1 aromatic carbocycles. The van der Waals surface area contributed by atoms with Crippen LogP contribution < -0.4 is 4.74 Å². The van der Waals surface area contributed by atoms with Crippen LogP contribution in [0, 0.1) is 0 Å². The molecule has 0 spiro atoms.